The highest BCUT2D eigenvalue weighted by Crippen LogP contribution is 2.31. The van der Waals surface area contributed by atoms with Crippen molar-refractivity contribution in [3.8, 4) is 0 Å². The van der Waals surface area contributed by atoms with Gasteiger partial charge in [-0.3, -0.25) is 4.79 Å². The lowest BCUT2D eigenvalue weighted by Gasteiger charge is -2.15. The van der Waals surface area contributed by atoms with Crippen LogP contribution in [0.5, 0.6) is 0 Å². The number of amides is 1. The summed E-state index contributed by atoms with van der Waals surface area (Å²) >= 11 is 5.97. The van der Waals surface area contributed by atoms with Gasteiger partial charge in [0, 0.05) is 17.6 Å². The molecular formula is C18H17ClF3N3O. The van der Waals surface area contributed by atoms with E-state index in [2.05, 4.69) is 16.2 Å². The van der Waals surface area contributed by atoms with Crippen molar-refractivity contribution in [1.82, 2.24) is 16.2 Å². The molecule has 1 aliphatic heterocycles. The monoisotopic (exact) mass is 383 g/mol. The summed E-state index contributed by atoms with van der Waals surface area (Å²) in [5.74, 6) is -0.362. The van der Waals surface area contributed by atoms with Crippen molar-refractivity contribution in [3.63, 3.8) is 0 Å². The molecule has 3 rings (SSSR count). The van der Waals surface area contributed by atoms with Gasteiger partial charge in [-0.2, -0.15) is 13.2 Å². The Morgan fingerprint density at radius 3 is 2.65 bits per heavy atom. The van der Waals surface area contributed by atoms with E-state index in [-0.39, 0.29) is 24.1 Å². The first-order chi connectivity index (χ1) is 12.3. The maximum atomic E-state index is 13.0. The second-order valence-corrected chi connectivity index (χ2v) is 6.49. The number of nitrogens with one attached hydrogen (secondary N) is 3. The van der Waals surface area contributed by atoms with E-state index in [1.807, 2.05) is 12.1 Å². The first-order valence-electron chi connectivity index (χ1n) is 8.04. The molecule has 3 N–H and O–H groups in total. The number of benzene rings is 2. The Kier molecular flexibility index (Phi) is 5.50. The van der Waals surface area contributed by atoms with Crippen LogP contribution in [0.25, 0.3) is 0 Å². The van der Waals surface area contributed by atoms with Crippen molar-refractivity contribution < 1.29 is 18.0 Å². The Balaban J connectivity index is 1.60. The lowest BCUT2D eigenvalue weighted by Crippen LogP contribution is -2.43. The minimum Gasteiger partial charge on any atom is -0.351 e. The molecular weight excluding hydrogens is 367 g/mol. The fourth-order valence-corrected chi connectivity index (χ4v) is 3.13. The summed E-state index contributed by atoms with van der Waals surface area (Å²) in [5.41, 5.74) is 6.12. The number of carbonyl (C=O) groups is 1. The molecule has 0 saturated carbocycles. The third kappa shape index (κ3) is 4.35. The average Bonchev–Trinajstić information content (AvgIpc) is 3.09. The summed E-state index contributed by atoms with van der Waals surface area (Å²) in [6.07, 6.45) is -3.99. The second-order valence-electron chi connectivity index (χ2n) is 6.06. The minimum atomic E-state index is -4.45. The molecule has 0 aliphatic carbocycles. The van der Waals surface area contributed by atoms with Crippen LogP contribution >= 0.6 is 11.6 Å². The normalized spacial score (nSPS) is 20.2. The Bertz CT molecular complexity index is 797. The fraction of sp³-hybridized carbons (Fsp3) is 0.278. The molecule has 0 spiro atoms. The molecule has 0 bridgehead atoms. The first kappa shape index (κ1) is 18.7. The number of halogens is 4. The highest BCUT2D eigenvalue weighted by atomic mass is 35.5. The van der Waals surface area contributed by atoms with Gasteiger partial charge in [-0.05, 0) is 35.7 Å². The Morgan fingerprint density at radius 2 is 1.92 bits per heavy atom. The van der Waals surface area contributed by atoms with Crippen molar-refractivity contribution in [3.05, 3.63) is 70.2 Å². The average molecular weight is 384 g/mol. The smallest absolute Gasteiger partial charge is 0.351 e. The lowest BCUT2D eigenvalue weighted by atomic mass is 10.0. The van der Waals surface area contributed by atoms with E-state index >= 15 is 0 Å². The minimum absolute atomic E-state index is 0.0331. The highest BCUT2D eigenvalue weighted by Gasteiger charge is 2.34. The standard InChI is InChI=1S/C18H17ClF3N3O/c19-13-6-3-5-11(8-13)15-9-16(25-24-15)17(26)23-10-12-4-1-2-7-14(12)18(20,21)22/h1-8,15-16,24-25H,9-10H2,(H,23,26). The molecule has 2 aromatic carbocycles. The van der Waals surface area contributed by atoms with Gasteiger partial charge < -0.3 is 5.32 Å². The number of rotatable bonds is 4. The molecule has 4 nitrogen and oxygen atoms in total. The van der Waals surface area contributed by atoms with Gasteiger partial charge in [-0.15, -0.1) is 0 Å². The summed E-state index contributed by atoms with van der Waals surface area (Å²) in [7, 11) is 0. The topological polar surface area (TPSA) is 53.2 Å². The zero-order valence-corrected chi connectivity index (χ0v) is 14.4. The predicted octanol–water partition coefficient (Wildman–Crippen LogP) is 3.58. The summed E-state index contributed by atoms with van der Waals surface area (Å²) in [6, 6.07) is 11.8. The summed E-state index contributed by atoms with van der Waals surface area (Å²) in [5, 5.41) is 3.17. The number of hydrogen-bond donors (Lipinski definition) is 3. The van der Waals surface area contributed by atoms with E-state index in [4.69, 9.17) is 11.6 Å². The van der Waals surface area contributed by atoms with Gasteiger partial charge in [0.15, 0.2) is 0 Å². The molecule has 2 aromatic rings. The maximum absolute atomic E-state index is 13.0. The maximum Gasteiger partial charge on any atom is 0.416 e. The van der Waals surface area contributed by atoms with Crippen LogP contribution < -0.4 is 16.2 Å². The van der Waals surface area contributed by atoms with Crippen LogP contribution in [0.15, 0.2) is 48.5 Å². The number of hydrogen-bond acceptors (Lipinski definition) is 3. The molecule has 26 heavy (non-hydrogen) atoms. The summed E-state index contributed by atoms with van der Waals surface area (Å²) < 4.78 is 39.0. The van der Waals surface area contributed by atoms with Crippen LogP contribution in [0, 0.1) is 0 Å². The van der Waals surface area contributed by atoms with Crippen molar-refractivity contribution >= 4 is 17.5 Å². The van der Waals surface area contributed by atoms with Crippen molar-refractivity contribution in [2.75, 3.05) is 0 Å². The molecule has 8 heteroatoms. The van der Waals surface area contributed by atoms with Gasteiger partial charge >= 0.3 is 6.18 Å². The molecule has 138 valence electrons. The van der Waals surface area contributed by atoms with Gasteiger partial charge in [-0.25, -0.2) is 10.9 Å². The molecule has 1 heterocycles. The Hall–Kier alpha value is -2.09. The summed E-state index contributed by atoms with van der Waals surface area (Å²) in [6.45, 7) is -0.186. The van der Waals surface area contributed by atoms with E-state index in [1.54, 1.807) is 12.1 Å². The van der Waals surface area contributed by atoms with E-state index in [1.165, 1.54) is 18.2 Å². The van der Waals surface area contributed by atoms with Gasteiger partial charge in [-0.1, -0.05) is 41.9 Å². The Labute approximate surface area is 153 Å². The third-order valence-electron chi connectivity index (χ3n) is 4.25. The van der Waals surface area contributed by atoms with Crippen LogP contribution in [0.2, 0.25) is 5.02 Å². The molecule has 1 saturated heterocycles. The number of carbonyl (C=O) groups excluding carboxylic acids is 1. The summed E-state index contributed by atoms with van der Waals surface area (Å²) in [4.78, 5) is 12.3. The second kappa shape index (κ2) is 7.65. The Morgan fingerprint density at radius 1 is 1.15 bits per heavy atom. The van der Waals surface area contributed by atoms with Crippen LogP contribution in [0.4, 0.5) is 13.2 Å². The SMILES string of the molecule is O=C(NCc1ccccc1C(F)(F)F)C1CC(c2cccc(Cl)c2)NN1. The van der Waals surface area contributed by atoms with Gasteiger partial charge in [0.2, 0.25) is 5.91 Å². The van der Waals surface area contributed by atoms with Crippen molar-refractivity contribution in [2.24, 2.45) is 0 Å². The molecule has 0 radical (unpaired) electrons. The van der Waals surface area contributed by atoms with E-state index < -0.39 is 17.8 Å². The highest BCUT2D eigenvalue weighted by molar-refractivity contribution is 6.30. The van der Waals surface area contributed by atoms with Crippen LogP contribution in [-0.4, -0.2) is 11.9 Å². The van der Waals surface area contributed by atoms with Gasteiger partial charge in [0.05, 0.1) is 5.56 Å². The van der Waals surface area contributed by atoms with Crippen LogP contribution in [-0.2, 0) is 17.5 Å². The molecule has 1 amide bonds. The van der Waals surface area contributed by atoms with E-state index in [9.17, 15) is 18.0 Å². The zero-order chi connectivity index (χ0) is 18.7. The molecule has 0 aromatic heterocycles. The lowest BCUT2D eigenvalue weighted by molar-refractivity contribution is -0.138. The quantitative estimate of drug-likeness (QED) is 0.756. The molecule has 2 unspecified atom stereocenters. The van der Waals surface area contributed by atoms with Crippen LogP contribution in [0.3, 0.4) is 0 Å². The van der Waals surface area contributed by atoms with Crippen molar-refractivity contribution in [1.29, 1.82) is 0 Å². The van der Waals surface area contributed by atoms with Gasteiger partial charge in [0.25, 0.3) is 0 Å². The third-order valence-corrected chi connectivity index (χ3v) is 4.48. The zero-order valence-electron chi connectivity index (χ0n) is 13.6. The van der Waals surface area contributed by atoms with Crippen molar-refractivity contribution in [2.45, 2.75) is 31.2 Å². The number of alkyl halides is 3. The fourth-order valence-electron chi connectivity index (χ4n) is 2.93. The molecule has 1 aliphatic rings. The molecule has 2 atom stereocenters. The molecule has 1 fully saturated rings. The van der Waals surface area contributed by atoms with E-state index in [0.29, 0.717) is 11.4 Å². The number of hydrazine groups is 1. The first-order valence-corrected chi connectivity index (χ1v) is 8.42. The van der Waals surface area contributed by atoms with E-state index in [0.717, 1.165) is 11.6 Å². The van der Waals surface area contributed by atoms with Gasteiger partial charge in [0.1, 0.15) is 6.04 Å². The largest absolute Gasteiger partial charge is 0.416 e. The van der Waals surface area contributed by atoms with Crippen LogP contribution in [0.1, 0.15) is 29.2 Å². The predicted molar refractivity (Wildman–Crippen MR) is 92.2 cm³/mol.